The highest BCUT2D eigenvalue weighted by atomic mass is 16.6. The van der Waals surface area contributed by atoms with E-state index in [4.69, 9.17) is 14.2 Å². The first-order chi connectivity index (χ1) is 33.0. The Morgan fingerprint density at radius 3 is 0.925 bits per heavy atom. The lowest BCUT2D eigenvalue weighted by atomic mass is 10.1. The molecule has 1 unspecified atom stereocenters. The lowest BCUT2D eigenvalue weighted by Gasteiger charge is -2.18. The summed E-state index contributed by atoms with van der Waals surface area (Å²) in [5, 5.41) is 0. The maximum absolute atomic E-state index is 12.9. The maximum Gasteiger partial charge on any atom is 0.306 e. The van der Waals surface area contributed by atoms with E-state index in [2.05, 4.69) is 93.7 Å². The predicted octanol–water partition coefficient (Wildman–Crippen LogP) is 19.0. The van der Waals surface area contributed by atoms with Crippen LogP contribution in [0.5, 0.6) is 0 Å². The Morgan fingerprint density at radius 1 is 0.313 bits per heavy atom. The molecule has 0 N–H and O–H groups in total. The van der Waals surface area contributed by atoms with E-state index in [0.29, 0.717) is 19.3 Å². The second-order valence-corrected chi connectivity index (χ2v) is 18.8. The molecule has 0 radical (unpaired) electrons. The third-order valence-electron chi connectivity index (χ3n) is 12.2. The molecule has 6 nitrogen and oxygen atoms in total. The number of carbonyl (C=O) groups excluding carboxylic acids is 3. The van der Waals surface area contributed by atoms with Gasteiger partial charge in [0.25, 0.3) is 0 Å². The summed E-state index contributed by atoms with van der Waals surface area (Å²) in [6, 6.07) is 0. The highest BCUT2D eigenvalue weighted by molar-refractivity contribution is 5.71. The molecule has 0 amide bonds. The number of unbranched alkanes of at least 4 members (excludes halogenated alkanes) is 28. The van der Waals surface area contributed by atoms with Gasteiger partial charge in [0.05, 0.1) is 0 Å². The monoisotopic (exact) mass is 935 g/mol. The molecule has 67 heavy (non-hydrogen) atoms. The van der Waals surface area contributed by atoms with Gasteiger partial charge in [-0.15, -0.1) is 0 Å². The fourth-order valence-electron chi connectivity index (χ4n) is 7.89. The minimum Gasteiger partial charge on any atom is -0.462 e. The molecule has 0 aliphatic heterocycles. The van der Waals surface area contributed by atoms with Gasteiger partial charge in [-0.05, 0) is 109 Å². The van der Waals surface area contributed by atoms with Gasteiger partial charge in [0, 0.05) is 19.3 Å². The summed E-state index contributed by atoms with van der Waals surface area (Å²) in [4.78, 5) is 38.1. The molecular weight excluding hydrogens is 829 g/mol. The fourth-order valence-corrected chi connectivity index (χ4v) is 7.89. The van der Waals surface area contributed by atoms with Crippen LogP contribution in [0.1, 0.15) is 278 Å². The SMILES string of the molecule is CC/C=C\C/C=C\C/C=C\C/C=C\CCCCCCC(=O)OCC(COC(=O)CCCCCCC/C=C\CCCCCCCC)OC(=O)CCCCCCCCC/C=C\CCCCCCCC. The molecule has 0 aliphatic rings. The van der Waals surface area contributed by atoms with E-state index in [1.807, 2.05) is 0 Å². The molecule has 0 saturated heterocycles. The fraction of sp³-hybridized carbons (Fsp3) is 0.754. The van der Waals surface area contributed by atoms with Crippen LogP contribution in [0.4, 0.5) is 0 Å². The van der Waals surface area contributed by atoms with Gasteiger partial charge in [-0.25, -0.2) is 0 Å². The first-order valence-electron chi connectivity index (χ1n) is 28.4. The largest absolute Gasteiger partial charge is 0.462 e. The average Bonchev–Trinajstić information content (AvgIpc) is 3.33. The van der Waals surface area contributed by atoms with Gasteiger partial charge in [-0.2, -0.15) is 0 Å². The molecule has 0 aromatic heterocycles. The molecule has 0 aliphatic carbocycles. The van der Waals surface area contributed by atoms with Crippen molar-refractivity contribution >= 4 is 17.9 Å². The van der Waals surface area contributed by atoms with Crippen molar-refractivity contribution in [1.82, 2.24) is 0 Å². The van der Waals surface area contributed by atoms with Crippen molar-refractivity contribution in [3.63, 3.8) is 0 Å². The van der Waals surface area contributed by atoms with Crippen molar-refractivity contribution in [2.24, 2.45) is 0 Å². The Kier molecular flexibility index (Phi) is 52.8. The van der Waals surface area contributed by atoms with E-state index in [1.54, 1.807) is 0 Å². The summed E-state index contributed by atoms with van der Waals surface area (Å²) < 4.78 is 16.8. The van der Waals surface area contributed by atoms with Crippen LogP contribution in [0, 0.1) is 0 Å². The minimum absolute atomic E-state index is 0.0888. The number of carbonyl (C=O) groups is 3. The molecule has 386 valence electrons. The summed E-state index contributed by atoms with van der Waals surface area (Å²) in [7, 11) is 0. The molecule has 0 saturated carbocycles. The Balaban J connectivity index is 4.44. The van der Waals surface area contributed by atoms with Gasteiger partial charge < -0.3 is 14.2 Å². The van der Waals surface area contributed by atoms with Crippen molar-refractivity contribution in [1.29, 1.82) is 0 Å². The molecule has 0 fully saturated rings. The van der Waals surface area contributed by atoms with Crippen molar-refractivity contribution in [2.75, 3.05) is 13.2 Å². The molecule has 0 heterocycles. The quantitative estimate of drug-likeness (QED) is 0.0262. The van der Waals surface area contributed by atoms with Crippen LogP contribution >= 0.6 is 0 Å². The third kappa shape index (κ3) is 53.7. The third-order valence-corrected chi connectivity index (χ3v) is 12.2. The van der Waals surface area contributed by atoms with E-state index in [9.17, 15) is 14.4 Å². The highest BCUT2D eigenvalue weighted by Gasteiger charge is 2.19. The summed E-state index contributed by atoms with van der Waals surface area (Å²) in [6.45, 7) is 6.50. The summed E-state index contributed by atoms with van der Waals surface area (Å²) >= 11 is 0. The number of ether oxygens (including phenoxy) is 3. The van der Waals surface area contributed by atoms with Gasteiger partial charge in [0.2, 0.25) is 0 Å². The second-order valence-electron chi connectivity index (χ2n) is 18.8. The van der Waals surface area contributed by atoms with E-state index in [-0.39, 0.29) is 31.1 Å². The lowest BCUT2D eigenvalue weighted by Crippen LogP contribution is -2.30. The molecular formula is C61H106O6. The molecule has 0 aromatic carbocycles. The van der Waals surface area contributed by atoms with E-state index >= 15 is 0 Å². The number of rotatable bonds is 51. The summed E-state index contributed by atoms with van der Waals surface area (Å²) in [5.74, 6) is -0.918. The maximum atomic E-state index is 12.9. The molecule has 1 atom stereocenters. The van der Waals surface area contributed by atoms with Crippen LogP contribution in [0.2, 0.25) is 0 Å². The Labute approximate surface area is 414 Å². The van der Waals surface area contributed by atoms with E-state index < -0.39 is 6.10 Å². The van der Waals surface area contributed by atoms with Crippen molar-refractivity contribution in [3.8, 4) is 0 Å². The van der Waals surface area contributed by atoms with Crippen molar-refractivity contribution in [3.05, 3.63) is 72.9 Å². The molecule has 0 spiro atoms. The van der Waals surface area contributed by atoms with Gasteiger partial charge in [0.15, 0.2) is 6.10 Å². The Bertz CT molecular complexity index is 1260. The van der Waals surface area contributed by atoms with Gasteiger partial charge >= 0.3 is 17.9 Å². The predicted molar refractivity (Wildman–Crippen MR) is 288 cm³/mol. The van der Waals surface area contributed by atoms with Gasteiger partial charge in [0.1, 0.15) is 13.2 Å². The van der Waals surface area contributed by atoms with Crippen LogP contribution in [-0.2, 0) is 28.6 Å². The number of hydrogen-bond donors (Lipinski definition) is 0. The summed E-state index contributed by atoms with van der Waals surface area (Å²) in [5.41, 5.74) is 0. The summed E-state index contributed by atoms with van der Waals surface area (Å²) in [6.07, 6.45) is 70.3. The Hall–Kier alpha value is -3.15. The topological polar surface area (TPSA) is 78.9 Å². The zero-order valence-electron chi connectivity index (χ0n) is 44.2. The van der Waals surface area contributed by atoms with Crippen LogP contribution in [-0.4, -0.2) is 37.2 Å². The molecule has 6 heteroatoms. The first kappa shape index (κ1) is 63.8. The average molecular weight is 936 g/mol. The van der Waals surface area contributed by atoms with Crippen LogP contribution in [0.3, 0.4) is 0 Å². The van der Waals surface area contributed by atoms with Crippen LogP contribution in [0.15, 0.2) is 72.9 Å². The van der Waals surface area contributed by atoms with Crippen molar-refractivity contribution in [2.45, 2.75) is 284 Å². The van der Waals surface area contributed by atoms with Crippen LogP contribution in [0.25, 0.3) is 0 Å². The second kappa shape index (κ2) is 55.4. The van der Waals surface area contributed by atoms with Crippen LogP contribution < -0.4 is 0 Å². The zero-order valence-corrected chi connectivity index (χ0v) is 44.2. The zero-order chi connectivity index (χ0) is 48.6. The number of esters is 3. The first-order valence-corrected chi connectivity index (χ1v) is 28.4. The van der Waals surface area contributed by atoms with Crippen molar-refractivity contribution < 1.29 is 28.6 Å². The number of hydrogen-bond acceptors (Lipinski definition) is 6. The molecule has 0 aromatic rings. The van der Waals surface area contributed by atoms with E-state index in [0.717, 1.165) is 103 Å². The number of allylic oxidation sites excluding steroid dienone is 12. The normalized spacial score (nSPS) is 12.6. The van der Waals surface area contributed by atoms with E-state index in [1.165, 1.54) is 135 Å². The van der Waals surface area contributed by atoms with Gasteiger partial charge in [-0.1, -0.05) is 222 Å². The molecule has 0 bridgehead atoms. The highest BCUT2D eigenvalue weighted by Crippen LogP contribution is 2.15. The minimum atomic E-state index is -0.791. The lowest BCUT2D eigenvalue weighted by molar-refractivity contribution is -0.167. The standard InChI is InChI=1S/C61H106O6/c1-4-7-10-13-16-19-22-25-28-30-33-36-39-42-45-48-51-54-60(63)66-57-58(56-65-59(62)53-50-47-44-41-38-35-32-27-24-21-18-15-12-9-6-3)67-61(64)55-52-49-46-43-40-37-34-31-29-26-23-20-17-14-11-8-5-2/h7,10,16,19,25-29,32-33,36,58H,4-6,8-9,11-15,17-18,20-24,30-31,34-35,37-57H2,1-3H3/b10-7-,19-16-,28-25-,29-26-,32-27-,36-33-. The molecule has 0 rings (SSSR count). The van der Waals surface area contributed by atoms with Gasteiger partial charge in [-0.3, -0.25) is 14.4 Å². The smallest absolute Gasteiger partial charge is 0.306 e. The Morgan fingerprint density at radius 2 is 0.582 bits per heavy atom.